The van der Waals surface area contributed by atoms with Crippen LogP contribution in [0.2, 0.25) is 0 Å². The second kappa shape index (κ2) is 6.88. The molecule has 29 heavy (non-hydrogen) atoms. The van der Waals surface area contributed by atoms with Gasteiger partial charge in [0.1, 0.15) is 0 Å². The van der Waals surface area contributed by atoms with Crippen molar-refractivity contribution in [3.8, 4) is 5.69 Å². The van der Waals surface area contributed by atoms with Crippen LogP contribution in [-0.4, -0.2) is 51.4 Å². The highest BCUT2D eigenvalue weighted by molar-refractivity contribution is 6.00. The van der Waals surface area contributed by atoms with Crippen LogP contribution in [0.4, 0.5) is 5.69 Å². The molecule has 8 nitrogen and oxygen atoms in total. The number of para-hydroxylation sites is 1. The Morgan fingerprint density at radius 1 is 1.21 bits per heavy atom. The number of nitrogens with one attached hydrogen (secondary N) is 1. The van der Waals surface area contributed by atoms with Crippen LogP contribution in [0.1, 0.15) is 41.4 Å². The van der Waals surface area contributed by atoms with Gasteiger partial charge in [0.15, 0.2) is 11.3 Å². The molecule has 1 saturated carbocycles. The van der Waals surface area contributed by atoms with Crippen molar-refractivity contribution in [3.05, 3.63) is 47.8 Å². The summed E-state index contributed by atoms with van der Waals surface area (Å²) < 4.78 is 1.74. The summed E-state index contributed by atoms with van der Waals surface area (Å²) in [6, 6.07) is 11.2. The molecule has 8 heteroatoms. The van der Waals surface area contributed by atoms with Crippen molar-refractivity contribution in [2.24, 2.45) is 0 Å². The number of nitrogens with zero attached hydrogens (tertiary/aromatic N) is 4. The number of anilines is 1. The van der Waals surface area contributed by atoms with Gasteiger partial charge in [-0.05, 0) is 31.0 Å². The van der Waals surface area contributed by atoms with Gasteiger partial charge >= 0.3 is 5.97 Å². The Bertz CT molecular complexity index is 1100. The van der Waals surface area contributed by atoms with E-state index < -0.39 is 5.97 Å². The van der Waals surface area contributed by atoms with Crippen LogP contribution in [0.3, 0.4) is 0 Å². The van der Waals surface area contributed by atoms with Gasteiger partial charge in [0.2, 0.25) is 5.91 Å². The normalized spacial score (nSPS) is 17.2. The molecule has 2 N–H and O–H groups in total. The molecule has 1 aliphatic heterocycles. The lowest BCUT2D eigenvalue weighted by molar-refractivity contribution is -0.120. The predicted molar refractivity (Wildman–Crippen MR) is 108 cm³/mol. The smallest absolute Gasteiger partial charge is 0.354 e. The van der Waals surface area contributed by atoms with Crippen molar-refractivity contribution in [1.82, 2.24) is 20.1 Å². The van der Waals surface area contributed by atoms with E-state index in [0.717, 1.165) is 41.7 Å². The molecule has 0 radical (unpaired) electrons. The van der Waals surface area contributed by atoms with Crippen molar-refractivity contribution in [2.45, 2.75) is 25.2 Å². The fraction of sp³-hybridized carbons (Fsp3) is 0.333. The molecule has 0 bridgehead atoms. The molecule has 0 atom stereocenters. The van der Waals surface area contributed by atoms with Crippen molar-refractivity contribution >= 4 is 28.6 Å². The van der Waals surface area contributed by atoms with E-state index in [9.17, 15) is 14.7 Å². The van der Waals surface area contributed by atoms with Crippen LogP contribution in [0, 0.1) is 0 Å². The molecule has 0 unspecified atom stereocenters. The summed E-state index contributed by atoms with van der Waals surface area (Å²) in [4.78, 5) is 30.2. The van der Waals surface area contributed by atoms with Crippen LogP contribution in [-0.2, 0) is 4.79 Å². The van der Waals surface area contributed by atoms with Gasteiger partial charge in [-0.15, -0.1) is 0 Å². The lowest BCUT2D eigenvalue weighted by Crippen LogP contribution is -2.47. The number of aromatic carboxylic acids is 1. The van der Waals surface area contributed by atoms with Crippen LogP contribution >= 0.6 is 0 Å². The van der Waals surface area contributed by atoms with Crippen LogP contribution < -0.4 is 10.2 Å². The minimum atomic E-state index is -1.10. The molecule has 5 rings (SSSR count). The number of carboxylic acid groups (broad SMARTS) is 1. The van der Waals surface area contributed by atoms with Gasteiger partial charge in [-0.1, -0.05) is 24.6 Å². The highest BCUT2D eigenvalue weighted by Crippen LogP contribution is 2.42. The number of hydrogen-bond acceptors (Lipinski definition) is 5. The number of carboxylic acids is 1. The summed E-state index contributed by atoms with van der Waals surface area (Å²) in [5.74, 6) is -0.836. The van der Waals surface area contributed by atoms with E-state index in [2.05, 4.69) is 10.3 Å². The Labute approximate surface area is 167 Å². The first kappa shape index (κ1) is 17.7. The van der Waals surface area contributed by atoms with Gasteiger partial charge in [0.05, 0.1) is 29.0 Å². The topological polar surface area (TPSA) is 100 Å². The van der Waals surface area contributed by atoms with Gasteiger partial charge in [-0.25, -0.2) is 14.5 Å². The lowest BCUT2D eigenvalue weighted by Gasteiger charge is -2.30. The molecule has 0 spiro atoms. The molecule has 2 fully saturated rings. The summed E-state index contributed by atoms with van der Waals surface area (Å²) in [6.45, 7) is 1.33. The number of rotatable bonds is 4. The maximum absolute atomic E-state index is 12.0. The molecule has 2 aliphatic rings. The van der Waals surface area contributed by atoms with E-state index in [0.29, 0.717) is 24.7 Å². The zero-order valence-corrected chi connectivity index (χ0v) is 15.8. The number of aromatic nitrogens is 3. The Morgan fingerprint density at radius 2 is 2.00 bits per heavy atom. The summed E-state index contributed by atoms with van der Waals surface area (Å²) in [7, 11) is 0. The van der Waals surface area contributed by atoms with E-state index >= 15 is 0 Å². The third-order valence-electron chi connectivity index (χ3n) is 5.73. The number of hydrogen-bond donors (Lipinski definition) is 2. The zero-order chi connectivity index (χ0) is 20.0. The number of benzene rings is 1. The zero-order valence-electron chi connectivity index (χ0n) is 15.8. The van der Waals surface area contributed by atoms with Gasteiger partial charge in [0.25, 0.3) is 0 Å². The lowest BCUT2D eigenvalue weighted by atomic mass is 9.82. The fourth-order valence-corrected chi connectivity index (χ4v) is 4.04. The van der Waals surface area contributed by atoms with E-state index in [1.807, 2.05) is 35.2 Å². The Balaban J connectivity index is 1.79. The highest BCUT2D eigenvalue weighted by atomic mass is 16.4. The first-order chi connectivity index (χ1) is 14.1. The second-order valence-corrected chi connectivity index (χ2v) is 7.56. The van der Waals surface area contributed by atoms with Crippen molar-refractivity contribution in [3.63, 3.8) is 0 Å². The molecule has 1 aliphatic carbocycles. The predicted octanol–water partition coefficient (Wildman–Crippen LogP) is 2.32. The molecular formula is C21H21N5O3. The second-order valence-electron chi connectivity index (χ2n) is 7.56. The SMILES string of the molecule is O=C1CN(c2cc(C(=O)O)nc3c2c(C2CCC2)nn3-c2ccccc2)CCN1. The maximum atomic E-state index is 12.0. The number of piperazine rings is 1. The average molecular weight is 391 g/mol. The Kier molecular flexibility index (Phi) is 4.19. The van der Waals surface area contributed by atoms with Crippen LogP contribution in [0.15, 0.2) is 36.4 Å². The average Bonchev–Trinajstić information content (AvgIpc) is 3.06. The number of amides is 1. The number of fused-ring (bicyclic) bond motifs is 1. The van der Waals surface area contributed by atoms with E-state index in [-0.39, 0.29) is 18.1 Å². The summed E-state index contributed by atoms with van der Waals surface area (Å²) >= 11 is 0. The fourth-order valence-electron chi connectivity index (χ4n) is 4.04. The number of pyridine rings is 1. The van der Waals surface area contributed by atoms with Gasteiger partial charge in [-0.3, -0.25) is 4.79 Å². The molecule has 1 amide bonds. The third-order valence-corrected chi connectivity index (χ3v) is 5.73. The monoisotopic (exact) mass is 391 g/mol. The van der Waals surface area contributed by atoms with E-state index in [1.165, 1.54) is 0 Å². The molecule has 1 saturated heterocycles. The van der Waals surface area contributed by atoms with Gasteiger partial charge in [-0.2, -0.15) is 5.10 Å². The maximum Gasteiger partial charge on any atom is 0.354 e. The Morgan fingerprint density at radius 3 is 2.66 bits per heavy atom. The van der Waals surface area contributed by atoms with Crippen molar-refractivity contribution in [2.75, 3.05) is 24.5 Å². The van der Waals surface area contributed by atoms with Crippen molar-refractivity contribution in [1.29, 1.82) is 0 Å². The Hall–Kier alpha value is -3.42. The third kappa shape index (κ3) is 3.00. The first-order valence-electron chi connectivity index (χ1n) is 9.86. The standard InChI is InChI=1S/C21H21N5O3/c27-17-12-25(10-9-22-17)16-11-15(21(28)29)23-20-18(16)19(13-5-4-6-13)24-26(20)14-7-2-1-3-8-14/h1-3,7-8,11,13H,4-6,9-10,12H2,(H,22,27)(H,28,29). The first-order valence-corrected chi connectivity index (χ1v) is 9.86. The van der Waals surface area contributed by atoms with E-state index in [4.69, 9.17) is 5.10 Å². The molecular weight excluding hydrogens is 370 g/mol. The summed E-state index contributed by atoms with van der Waals surface area (Å²) in [5, 5.41) is 18.2. The molecule has 148 valence electrons. The minimum Gasteiger partial charge on any atom is -0.477 e. The summed E-state index contributed by atoms with van der Waals surface area (Å²) in [6.07, 6.45) is 3.27. The van der Waals surface area contributed by atoms with Crippen molar-refractivity contribution < 1.29 is 14.7 Å². The van der Waals surface area contributed by atoms with Crippen LogP contribution in [0.5, 0.6) is 0 Å². The number of carbonyl (C=O) groups excluding carboxylic acids is 1. The van der Waals surface area contributed by atoms with Gasteiger partial charge in [0, 0.05) is 19.0 Å². The van der Waals surface area contributed by atoms with Crippen LogP contribution in [0.25, 0.3) is 16.7 Å². The quantitative estimate of drug-likeness (QED) is 0.708. The molecule has 2 aromatic heterocycles. The molecule has 1 aromatic carbocycles. The largest absolute Gasteiger partial charge is 0.477 e. The minimum absolute atomic E-state index is 0.0456. The van der Waals surface area contributed by atoms with E-state index in [1.54, 1.807) is 10.7 Å². The van der Waals surface area contributed by atoms with Gasteiger partial charge < -0.3 is 15.3 Å². The summed E-state index contributed by atoms with van der Waals surface area (Å²) in [5.41, 5.74) is 2.99. The number of carbonyl (C=O) groups is 2. The molecule has 3 aromatic rings. The highest BCUT2D eigenvalue weighted by Gasteiger charge is 2.31. The molecule has 3 heterocycles.